The predicted molar refractivity (Wildman–Crippen MR) is 81.1 cm³/mol. The number of carbonyl (C=O) groups is 2. The Morgan fingerprint density at radius 1 is 0.952 bits per heavy atom. The largest absolute Gasteiger partial charge is 0.464 e. The van der Waals surface area contributed by atoms with E-state index in [4.69, 9.17) is 9.47 Å². The van der Waals surface area contributed by atoms with Gasteiger partial charge in [-0.2, -0.15) is 0 Å². The summed E-state index contributed by atoms with van der Waals surface area (Å²) in [4.78, 5) is 24.1. The molecular weight excluding hydrogens is 270 g/mol. The van der Waals surface area contributed by atoms with Crippen molar-refractivity contribution in [2.24, 2.45) is 0 Å². The van der Waals surface area contributed by atoms with Crippen LogP contribution in [0.3, 0.4) is 0 Å². The highest BCUT2D eigenvalue weighted by molar-refractivity contribution is 5.86. The third kappa shape index (κ3) is 5.94. The molecule has 5 heteroatoms. The van der Waals surface area contributed by atoms with Gasteiger partial charge in [-0.05, 0) is 25.7 Å². The van der Waals surface area contributed by atoms with Crippen molar-refractivity contribution in [2.45, 2.75) is 77.2 Å². The summed E-state index contributed by atoms with van der Waals surface area (Å²) in [7, 11) is 0. The number of unbranched alkanes of at least 4 members (excludes halogenated alkanes) is 3. The Kier molecular flexibility index (Phi) is 8.16. The van der Waals surface area contributed by atoms with E-state index in [0.29, 0.717) is 26.1 Å². The zero-order chi connectivity index (χ0) is 15.6. The van der Waals surface area contributed by atoms with Crippen molar-refractivity contribution in [2.75, 3.05) is 13.2 Å². The van der Waals surface area contributed by atoms with E-state index in [1.54, 1.807) is 0 Å². The van der Waals surface area contributed by atoms with Crippen molar-refractivity contribution in [1.82, 2.24) is 5.32 Å². The van der Waals surface area contributed by atoms with Gasteiger partial charge in [0, 0.05) is 0 Å². The van der Waals surface area contributed by atoms with Gasteiger partial charge in [-0.25, -0.2) is 9.59 Å². The molecule has 0 bridgehead atoms. The average Bonchev–Trinajstić information content (AvgIpc) is 2.93. The minimum absolute atomic E-state index is 0.302. The summed E-state index contributed by atoms with van der Waals surface area (Å²) in [6.45, 7) is 4.96. The van der Waals surface area contributed by atoms with Crippen LogP contribution in [0.1, 0.15) is 71.6 Å². The Labute approximate surface area is 127 Å². The van der Waals surface area contributed by atoms with Gasteiger partial charge in [0.1, 0.15) is 5.54 Å². The molecule has 1 amide bonds. The van der Waals surface area contributed by atoms with Crippen molar-refractivity contribution >= 4 is 12.1 Å². The van der Waals surface area contributed by atoms with E-state index in [1.807, 2.05) is 6.92 Å². The van der Waals surface area contributed by atoms with E-state index < -0.39 is 11.6 Å². The minimum Gasteiger partial charge on any atom is -0.464 e. The molecule has 1 aliphatic carbocycles. The molecule has 0 aromatic rings. The first kappa shape index (κ1) is 17.8. The van der Waals surface area contributed by atoms with Crippen LogP contribution < -0.4 is 5.32 Å². The molecule has 0 spiro atoms. The van der Waals surface area contributed by atoms with Crippen molar-refractivity contribution in [3.63, 3.8) is 0 Å². The Balaban J connectivity index is 2.45. The summed E-state index contributed by atoms with van der Waals surface area (Å²) in [5.41, 5.74) is -0.866. The minimum atomic E-state index is -0.866. The highest BCUT2D eigenvalue weighted by atomic mass is 16.6. The van der Waals surface area contributed by atoms with Crippen molar-refractivity contribution < 1.29 is 19.1 Å². The van der Waals surface area contributed by atoms with E-state index in [1.165, 1.54) is 0 Å². The van der Waals surface area contributed by atoms with Gasteiger partial charge in [-0.3, -0.25) is 0 Å². The number of nitrogens with one attached hydrogen (secondary N) is 1. The summed E-state index contributed by atoms with van der Waals surface area (Å²) in [6.07, 6.45) is 7.45. The van der Waals surface area contributed by atoms with Crippen molar-refractivity contribution in [3.05, 3.63) is 0 Å². The number of rotatable bonds is 9. The normalized spacial score (nSPS) is 16.5. The maximum absolute atomic E-state index is 12.3. The fourth-order valence-corrected chi connectivity index (χ4v) is 2.55. The number of esters is 1. The van der Waals surface area contributed by atoms with Gasteiger partial charge in [0.05, 0.1) is 13.2 Å². The molecule has 21 heavy (non-hydrogen) atoms. The molecule has 1 saturated carbocycles. The summed E-state index contributed by atoms with van der Waals surface area (Å²) >= 11 is 0. The van der Waals surface area contributed by atoms with Gasteiger partial charge in [-0.15, -0.1) is 0 Å². The molecule has 5 nitrogen and oxygen atoms in total. The van der Waals surface area contributed by atoms with Gasteiger partial charge in [-0.1, -0.05) is 46.0 Å². The fraction of sp³-hybridized carbons (Fsp3) is 0.875. The fourth-order valence-electron chi connectivity index (χ4n) is 2.55. The highest BCUT2D eigenvalue weighted by Gasteiger charge is 2.44. The molecule has 0 aromatic heterocycles. The molecular formula is C16H29NO4. The molecule has 0 atom stereocenters. The van der Waals surface area contributed by atoms with Crippen LogP contribution in [0.5, 0.6) is 0 Å². The maximum atomic E-state index is 12.3. The summed E-state index contributed by atoms with van der Waals surface area (Å²) in [5.74, 6) is -0.302. The standard InChI is InChI=1S/C16H29NO4/c1-3-5-9-13-20-14(18)16(10-7-8-11-16)17-15(19)21-12-6-4-2/h3-13H2,1-2H3,(H,17,19). The van der Waals surface area contributed by atoms with E-state index >= 15 is 0 Å². The lowest BCUT2D eigenvalue weighted by Gasteiger charge is -2.27. The van der Waals surface area contributed by atoms with Gasteiger partial charge < -0.3 is 14.8 Å². The molecule has 1 fully saturated rings. The molecule has 0 aromatic carbocycles. The molecule has 122 valence electrons. The first-order valence-corrected chi connectivity index (χ1v) is 8.27. The van der Waals surface area contributed by atoms with E-state index in [0.717, 1.165) is 44.9 Å². The van der Waals surface area contributed by atoms with Crippen LogP contribution in [0.2, 0.25) is 0 Å². The lowest BCUT2D eigenvalue weighted by atomic mass is 9.98. The lowest BCUT2D eigenvalue weighted by Crippen LogP contribution is -2.53. The van der Waals surface area contributed by atoms with Crippen LogP contribution in [0, 0.1) is 0 Å². The number of amides is 1. The zero-order valence-corrected chi connectivity index (χ0v) is 13.4. The maximum Gasteiger partial charge on any atom is 0.408 e. The predicted octanol–water partition coefficient (Wildman–Crippen LogP) is 3.56. The van der Waals surface area contributed by atoms with Crippen LogP contribution in [-0.4, -0.2) is 30.8 Å². The van der Waals surface area contributed by atoms with Crippen LogP contribution in [0.25, 0.3) is 0 Å². The zero-order valence-electron chi connectivity index (χ0n) is 13.4. The topological polar surface area (TPSA) is 64.6 Å². The molecule has 1 aliphatic rings. The summed E-state index contributed by atoms with van der Waals surface area (Å²) < 4.78 is 10.5. The summed E-state index contributed by atoms with van der Waals surface area (Å²) in [6, 6.07) is 0. The molecule has 0 unspecified atom stereocenters. The van der Waals surface area contributed by atoms with Crippen LogP contribution in [0.15, 0.2) is 0 Å². The third-order valence-corrected chi connectivity index (χ3v) is 3.90. The third-order valence-electron chi connectivity index (χ3n) is 3.90. The first-order valence-electron chi connectivity index (χ1n) is 8.27. The van der Waals surface area contributed by atoms with E-state index in [2.05, 4.69) is 12.2 Å². The van der Waals surface area contributed by atoms with Crippen molar-refractivity contribution in [1.29, 1.82) is 0 Å². The smallest absolute Gasteiger partial charge is 0.408 e. The van der Waals surface area contributed by atoms with Crippen LogP contribution >= 0.6 is 0 Å². The van der Waals surface area contributed by atoms with Gasteiger partial charge in [0.25, 0.3) is 0 Å². The first-order chi connectivity index (χ1) is 10.1. The second kappa shape index (κ2) is 9.64. The Hall–Kier alpha value is -1.26. The van der Waals surface area contributed by atoms with Crippen molar-refractivity contribution in [3.8, 4) is 0 Å². The van der Waals surface area contributed by atoms with Crippen LogP contribution in [0.4, 0.5) is 4.79 Å². The van der Waals surface area contributed by atoms with E-state index in [9.17, 15) is 9.59 Å². The summed E-state index contributed by atoms with van der Waals surface area (Å²) in [5, 5.41) is 2.76. The number of alkyl carbamates (subject to hydrolysis) is 1. The molecule has 0 aliphatic heterocycles. The van der Waals surface area contributed by atoms with Gasteiger partial charge in [0.2, 0.25) is 0 Å². The Bertz CT molecular complexity index is 324. The second-order valence-corrected chi connectivity index (χ2v) is 5.75. The average molecular weight is 299 g/mol. The molecule has 0 heterocycles. The quantitative estimate of drug-likeness (QED) is 0.522. The van der Waals surface area contributed by atoms with Gasteiger partial charge >= 0.3 is 12.1 Å². The molecule has 1 N–H and O–H groups in total. The number of ether oxygens (including phenoxy) is 2. The SMILES string of the molecule is CCCCCOC(=O)C1(NC(=O)OCCCC)CCCC1. The van der Waals surface area contributed by atoms with Gasteiger partial charge in [0.15, 0.2) is 0 Å². The Morgan fingerprint density at radius 2 is 1.57 bits per heavy atom. The van der Waals surface area contributed by atoms with Crippen LogP contribution in [-0.2, 0) is 14.3 Å². The number of hydrogen-bond acceptors (Lipinski definition) is 4. The highest BCUT2D eigenvalue weighted by Crippen LogP contribution is 2.31. The number of carbonyl (C=O) groups excluding carboxylic acids is 2. The lowest BCUT2D eigenvalue weighted by molar-refractivity contribution is -0.151. The molecule has 1 rings (SSSR count). The number of hydrogen-bond donors (Lipinski definition) is 1. The van der Waals surface area contributed by atoms with E-state index in [-0.39, 0.29) is 5.97 Å². The Morgan fingerprint density at radius 3 is 2.19 bits per heavy atom. The second-order valence-electron chi connectivity index (χ2n) is 5.75. The monoisotopic (exact) mass is 299 g/mol. The molecule has 0 saturated heterocycles. The molecule has 0 radical (unpaired) electrons.